The minimum absolute atomic E-state index is 0.265. The summed E-state index contributed by atoms with van der Waals surface area (Å²) in [4.78, 5) is 23.7. The summed E-state index contributed by atoms with van der Waals surface area (Å²) in [5.41, 5.74) is 0.483. The minimum atomic E-state index is -0.359. The average Bonchev–Trinajstić information content (AvgIpc) is 2.63. The molecule has 5 heteroatoms. The van der Waals surface area contributed by atoms with E-state index in [-0.39, 0.29) is 11.9 Å². The molecule has 0 radical (unpaired) electrons. The lowest BCUT2D eigenvalue weighted by molar-refractivity contribution is -0.139. The molecule has 0 aliphatic carbocycles. The van der Waals surface area contributed by atoms with E-state index in [1.807, 2.05) is 0 Å². The number of carbonyl (C=O) groups is 2. The van der Waals surface area contributed by atoms with Gasteiger partial charge in [-0.3, -0.25) is 0 Å². The molecule has 26 heavy (non-hydrogen) atoms. The van der Waals surface area contributed by atoms with Crippen LogP contribution in [0.3, 0.4) is 0 Å². The molecule has 0 rings (SSSR count). The molecule has 0 N–H and O–H groups in total. The van der Waals surface area contributed by atoms with E-state index >= 15 is 0 Å². The molecule has 0 saturated carbocycles. The third kappa shape index (κ3) is 18.7. The second-order valence-corrected chi connectivity index (χ2v) is 6.02. The summed E-state index contributed by atoms with van der Waals surface area (Å²) in [6, 6.07) is 0. The quantitative estimate of drug-likeness (QED) is 0.256. The van der Waals surface area contributed by atoms with Crippen molar-refractivity contribution in [1.82, 2.24) is 4.90 Å². The van der Waals surface area contributed by atoms with Crippen molar-refractivity contribution in [3.8, 4) is 0 Å². The van der Waals surface area contributed by atoms with Crippen LogP contribution in [-0.4, -0.2) is 49.7 Å². The van der Waals surface area contributed by atoms with E-state index in [0.717, 1.165) is 32.0 Å². The molecule has 0 unspecified atom stereocenters. The Kier molecular flexibility index (Phi) is 20.2. The summed E-state index contributed by atoms with van der Waals surface area (Å²) in [6.45, 7) is 19.1. The van der Waals surface area contributed by atoms with Gasteiger partial charge in [-0.15, -0.1) is 0 Å². The molecule has 5 nitrogen and oxygen atoms in total. The van der Waals surface area contributed by atoms with Crippen molar-refractivity contribution >= 4 is 11.9 Å². The zero-order chi connectivity index (χ0) is 20.2. The summed E-state index contributed by atoms with van der Waals surface area (Å²) in [7, 11) is 0. The molecule has 0 spiro atoms. The molecule has 0 heterocycles. The van der Waals surface area contributed by atoms with Crippen LogP contribution in [0.4, 0.5) is 0 Å². The van der Waals surface area contributed by atoms with Gasteiger partial charge in [-0.25, -0.2) is 9.59 Å². The highest BCUT2D eigenvalue weighted by Crippen LogP contribution is 2.07. The fraction of sp³-hybridized carbons (Fsp3) is 0.714. The number of carbonyl (C=O) groups excluding carboxylic acids is 2. The number of rotatable bonds is 14. The second kappa shape index (κ2) is 19.7. The Bertz CT molecular complexity index is 389. The maximum absolute atomic E-state index is 11.1. The Balaban J connectivity index is 0. The largest absolute Gasteiger partial charge is 0.463 e. The first-order chi connectivity index (χ1) is 12.4. The lowest BCUT2D eigenvalue weighted by Gasteiger charge is -2.17. The predicted octanol–water partition coefficient (Wildman–Crippen LogP) is 4.52. The predicted molar refractivity (Wildman–Crippen MR) is 108 cm³/mol. The fourth-order valence-corrected chi connectivity index (χ4v) is 2.17. The summed E-state index contributed by atoms with van der Waals surface area (Å²) >= 11 is 0. The lowest BCUT2D eigenvalue weighted by Crippen LogP contribution is -2.23. The minimum Gasteiger partial charge on any atom is -0.463 e. The van der Waals surface area contributed by atoms with E-state index in [1.54, 1.807) is 13.8 Å². The van der Waals surface area contributed by atoms with Crippen molar-refractivity contribution in [2.24, 2.45) is 0 Å². The molecule has 0 saturated heterocycles. The fourth-order valence-electron chi connectivity index (χ4n) is 2.17. The first kappa shape index (κ1) is 26.6. The number of hydrogen-bond acceptors (Lipinski definition) is 5. The van der Waals surface area contributed by atoms with Gasteiger partial charge in [-0.1, -0.05) is 52.7 Å². The van der Waals surface area contributed by atoms with E-state index in [4.69, 9.17) is 4.74 Å². The van der Waals surface area contributed by atoms with Crippen molar-refractivity contribution in [2.75, 3.05) is 32.8 Å². The number of unbranched alkanes of at least 4 members (excludes halogenated alkanes) is 5. The zero-order valence-electron chi connectivity index (χ0n) is 17.3. The number of ether oxygens (including phenoxy) is 2. The summed E-state index contributed by atoms with van der Waals surface area (Å²) < 4.78 is 9.48. The van der Waals surface area contributed by atoms with Gasteiger partial charge in [0.15, 0.2) is 0 Å². The van der Waals surface area contributed by atoms with Crippen LogP contribution in [0.25, 0.3) is 0 Å². The molecular formula is C21H39NO4. The second-order valence-electron chi connectivity index (χ2n) is 6.02. The van der Waals surface area contributed by atoms with Gasteiger partial charge < -0.3 is 14.4 Å². The van der Waals surface area contributed by atoms with Gasteiger partial charge >= 0.3 is 11.9 Å². The van der Waals surface area contributed by atoms with Gasteiger partial charge in [0.05, 0.1) is 13.2 Å². The topological polar surface area (TPSA) is 55.8 Å². The molecule has 0 aliphatic heterocycles. The normalized spacial score (nSPS) is 9.88. The maximum atomic E-state index is 11.1. The standard InChI is InChI=1S/C16H31NO2.C5H8O2/c1-5-17(6-2)13-11-9-7-8-10-12-14-19-16(18)15(3)4;1-3-5(6)7-4-2/h3,5-14H2,1-2,4H3;3H,1,4H2,2H3. The summed E-state index contributed by atoms with van der Waals surface area (Å²) in [6.07, 6.45) is 8.39. The Hall–Kier alpha value is -1.62. The third-order valence-electron chi connectivity index (χ3n) is 3.80. The van der Waals surface area contributed by atoms with Crippen LogP contribution in [0, 0.1) is 0 Å². The average molecular weight is 370 g/mol. The van der Waals surface area contributed by atoms with Gasteiger partial charge in [0.25, 0.3) is 0 Å². The Morgan fingerprint density at radius 2 is 1.46 bits per heavy atom. The number of esters is 2. The monoisotopic (exact) mass is 369 g/mol. The molecule has 0 amide bonds. The van der Waals surface area contributed by atoms with Crippen LogP contribution in [0.5, 0.6) is 0 Å². The van der Waals surface area contributed by atoms with Crippen molar-refractivity contribution < 1.29 is 19.1 Å². The Labute approximate surface area is 160 Å². The Morgan fingerprint density at radius 3 is 1.88 bits per heavy atom. The molecule has 0 atom stereocenters. The van der Waals surface area contributed by atoms with Gasteiger partial charge in [0.1, 0.15) is 0 Å². The van der Waals surface area contributed by atoms with E-state index in [2.05, 4.69) is 36.6 Å². The maximum Gasteiger partial charge on any atom is 0.333 e. The first-order valence-electron chi connectivity index (χ1n) is 9.76. The Morgan fingerprint density at radius 1 is 0.923 bits per heavy atom. The molecule has 0 fully saturated rings. The SMILES string of the molecule is C=C(C)C(=O)OCCCCCCCCN(CC)CC.C=CC(=O)OCC. The van der Waals surface area contributed by atoms with Crippen molar-refractivity contribution in [3.05, 3.63) is 24.8 Å². The highest BCUT2D eigenvalue weighted by molar-refractivity contribution is 5.86. The molecule has 0 aromatic heterocycles. The number of hydrogen-bond donors (Lipinski definition) is 0. The van der Waals surface area contributed by atoms with Gasteiger partial charge in [0, 0.05) is 11.6 Å². The van der Waals surface area contributed by atoms with E-state index in [0.29, 0.717) is 18.8 Å². The van der Waals surface area contributed by atoms with Crippen molar-refractivity contribution in [3.63, 3.8) is 0 Å². The van der Waals surface area contributed by atoms with Crippen LogP contribution in [-0.2, 0) is 19.1 Å². The molecule has 152 valence electrons. The lowest BCUT2D eigenvalue weighted by atomic mass is 10.1. The summed E-state index contributed by atoms with van der Waals surface area (Å²) in [5, 5.41) is 0. The van der Waals surface area contributed by atoms with Gasteiger partial charge in [-0.2, -0.15) is 0 Å². The van der Waals surface area contributed by atoms with E-state index in [9.17, 15) is 9.59 Å². The van der Waals surface area contributed by atoms with Crippen LogP contribution in [0.1, 0.15) is 66.2 Å². The zero-order valence-corrected chi connectivity index (χ0v) is 17.3. The van der Waals surface area contributed by atoms with Crippen LogP contribution in [0.2, 0.25) is 0 Å². The molecule has 0 aromatic rings. The third-order valence-corrected chi connectivity index (χ3v) is 3.80. The molecule has 0 aromatic carbocycles. The van der Waals surface area contributed by atoms with Gasteiger partial charge in [-0.05, 0) is 46.3 Å². The smallest absolute Gasteiger partial charge is 0.333 e. The summed E-state index contributed by atoms with van der Waals surface area (Å²) in [5.74, 6) is -0.623. The van der Waals surface area contributed by atoms with Crippen LogP contribution >= 0.6 is 0 Å². The highest BCUT2D eigenvalue weighted by atomic mass is 16.5. The molecule has 0 aliphatic rings. The van der Waals surface area contributed by atoms with E-state index in [1.165, 1.54) is 32.2 Å². The van der Waals surface area contributed by atoms with Crippen molar-refractivity contribution in [1.29, 1.82) is 0 Å². The van der Waals surface area contributed by atoms with Crippen molar-refractivity contribution in [2.45, 2.75) is 66.2 Å². The first-order valence-corrected chi connectivity index (χ1v) is 9.76. The molecule has 0 bridgehead atoms. The molecular weight excluding hydrogens is 330 g/mol. The van der Waals surface area contributed by atoms with Gasteiger partial charge in [0.2, 0.25) is 0 Å². The highest BCUT2D eigenvalue weighted by Gasteiger charge is 2.02. The van der Waals surface area contributed by atoms with Crippen LogP contribution in [0.15, 0.2) is 24.8 Å². The van der Waals surface area contributed by atoms with Crippen LogP contribution < -0.4 is 0 Å². The van der Waals surface area contributed by atoms with E-state index < -0.39 is 0 Å². The number of nitrogens with zero attached hydrogens (tertiary/aromatic N) is 1.